The summed E-state index contributed by atoms with van der Waals surface area (Å²) in [7, 11) is 0. The van der Waals surface area contributed by atoms with Crippen molar-refractivity contribution in [2.24, 2.45) is 0 Å². The lowest BCUT2D eigenvalue weighted by Gasteiger charge is -2.18. The van der Waals surface area contributed by atoms with Crippen molar-refractivity contribution >= 4 is 17.4 Å². The fourth-order valence-corrected chi connectivity index (χ4v) is 3.47. The highest BCUT2D eigenvalue weighted by Gasteiger charge is 2.15. The summed E-state index contributed by atoms with van der Waals surface area (Å²) in [6.07, 6.45) is 1.71. The van der Waals surface area contributed by atoms with Crippen LogP contribution in [0.4, 0.5) is 0 Å². The molecule has 0 aliphatic rings. The molecule has 28 heavy (non-hydrogen) atoms. The summed E-state index contributed by atoms with van der Waals surface area (Å²) in [5.41, 5.74) is 3.42. The Hall–Kier alpha value is -2.93. The Morgan fingerprint density at radius 2 is 1.86 bits per heavy atom. The van der Waals surface area contributed by atoms with Gasteiger partial charge in [0.25, 0.3) is 10.8 Å². The van der Waals surface area contributed by atoms with E-state index in [4.69, 9.17) is 4.42 Å². The molecule has 0 N–H and O–H groups in total. The lowest BCUT2D eigenvalue weighted by molar-refractivity contribution is 0.465. The maximum Gasteiger partial charge on any atom is 0.277 e. The van der Waals surface area contributed by atoms with Crippen LogP contribution < -0.4 is 5.56 Å². The van der Waals surface area contributed by atoms with Gasteiger partial charge < -0.3 is 4.42 Å². The molecular formula is C21H20N4O2S. The summed E-state index contributed by atoms with van der Waals surface area (Å²) in [6, 6.07) is 15.1. The average Bonchev–Trinajstić information content (AvgIpc) is 3.15. The zero-order valence-corrected chi connectivity index (χ0v) is 16.7. The Balaban J connectivity index is 1.49. The van der Waals surface area contributed by atoms with Crippen LogP contribution >= 0.6 is 11.8 Å². The first-order chi connectivity index (χ1) is 13.4. The van der Waals surface area contributed by atoms with E-state index < -0.39 is 0 Å². The molecule has 7 heteroatoms. The van der Waals surface area contributed by atoms with Gasteiger partial charge in [-0.2, -0.15) is 0 Å². The van der Waals surface area contributed by atoms with E-state index in [2.05, 4.69) is 48.1 Å². The average molecular weight is 392 g/mol. The van der Waals surface area contributed by atoms with Gasteiger partial charge in [-0.25, -0.2) is 4.98 Å². The maximum atomic E-state index is 12.2. The molecule has 0 atom stereocenters. The lowest BCUT2D eigenvalue weighted by atomic mass is 9.87. The molecule has 3 aromatic heterocycles. The Morgan fingerprint density at radius 3 is 2.61 bits per heavy atom. The molecule has 4 rings (SSSR count). The molecule has 0 unspecified atom stereocenters. The van der Waals surface area contributed by atoms with Crippen LogP contribution in [0.2, 0.25) is 0 Å². The highest BCUT2D eigenvalue weighted by Crippen LogP contribution is 2.28. The van der Waals surface area contributed by atoms with E-state index in [1.807, 2.05) is 24.3 Å². The van der Waals surface area contributed by atoms with Crippen molar-refractivity contribution in [3.63, 3.8) is 0 Å². The van der Waals surface area contributed by atoms with Crippen molar-refractivity contribution in [2.75, 3.05) is 0 Å². The zero-order chi connectivity index (χ0) is 19.7. The third-order valence-electron chi connectivity index (χ3n) is 4.37. The van der Waals surface area contributed by atoms with E-state index in [-0.39, 0.29) is 11.0 Å². The number of hydrogen-bond donors (Lipinski definition) is 0. The molecule has 0 aliphatic carbocycles. The summed E-state index contributed by atoms with van der Waals surface area (Å²) >= 11 is 1.36. The van der Waals surface area contributed by atoms with Gasteiger partial charge in [-0.15, -0.1) is 10.2 Å². The smallest absolute Gasteiger partial charge is 0.277 e. The van der Waals surface area contributed by atoms with E-state index >= 15 is 0 Å². The molecule has 0 amide bonds. The quantitative estimate of drug-likeness (QED) is 0.481. The molecule has 0 fully saturated rings. The third-order valence-corrected chi connectivity index (χ3v) is 5.22. The number of benzene rings is 1. The van der Waals surface area contributed by atoms with Gasteiger partial charge in [0.05, 0.1) is 5.69 Å². The standard InChI is InChI=1S/C21H20N4O2S/c1-21(2,3)15-9-7-14(8-10-15)19-23-24-20(27-19)28-13-16-12-18(26)25-11-5-4-6-17(25)22-16/h4-12H,13H2,1-3H3. The molecular weight excluding hydrogens is 372 g/mol. The molecule has 0 bridgehead atoms. The first-order valence-electron chi connectivity index (χ1n) is 8.95. The number of fused-ring (bicyclic) bond motifs is 1. The summed E-state index contributed by atoms with van der Waals surface area (Å²) in [4.78, 5) is 16.7. The van der Waals surface area contributed by atoms with E-state index in [1.165, 1.54) is 27.8 Å². The first-order valence-corrected chi connectivity index (χ1v) is 9.93. The normalized spacial score (nSPS) is 11.8. The van der Waals surface area contributed by atoms with E-state index in [9.17, 15) is 4.79 Å². The fraction of sp³-hybridized carbons (Fsp3) is 0.238. The Morgan fingerprint density at radius 1 is 1.07 bits per heavy atom. The monoisotopic (exact) mass is 392 g/mol. The second kappa shape index (κ2) is 7.24. The molecule has 1 aromatic carbocycles. The maximum absolute atomic E-state index is 12.2. The van der Waals surface area contributed by atoms with Crippen LogP contribution in [0.25, 0.3) is 17.1 Å². The Kier molecular flexibility index (Phi) is 4.77. The van der Waals surface area contributed by atoms with E-state index in [1.54, 1.807) is 12.3 Å². The minimum atomic E-state index is -0.105. The number of thioether (sulfide) groups is 1. The van der Waals surface area contributed by atoms with Crippen LogP contribution in [0.5, 0.6) is 0 Å². The van der Waals surface area contributed by atoms with Gasteiger partial charge in [0.2, 0.25) is 5.89 Å². The number of pyridine rings is 1. The minimum absolute atomic E-state index is 0.0972. The van der Waals surface area contributed by atoms with Crippen molar-refractivity contribution in [1.29, 1.82) is 0 Å². The van der Waals surface area contributed by atoms with Crippen LogP contribution in [0, 0.1) is 0 Å². The van der Waals surface area contributed by atoms with Crippen LogP contribution in [-0.2, 0) is 11.2 Å². The van der Waals surface area contributed by atoms with Crippen molar-refractivity contribution in [1.82, 2.24) is 19.6 Å². The molecule has 0 saturated carbocycles. The van der Waals surface area contributed by atoms with E-state index in [0.717, 1.165) is 5.56 Å². The number of aromatic nitrogens is 4. The molecule has 142 valence electrons. The van der Waals surface area contributed by atoms with Crippen LogP contribution in [0.15, 0.2) is 69.2 Å². The Bertz CT molecular complexity index is 1170. The van der Waals surface area contributed by atoms with Gasteiger partial charge >= 0.3 is 0 Å². The van der Waals surface area contributed by atoms with Gasteiger partial charge in [0.1, 0.15) is 5.65 Å². The number of rotatable bonds is 4. The molecule has 6 nitrogen and oxygen atoms in total. The summed E-state index contributed by atoms with van der Waals surface area (Å²) < 4.78 is 7.28. The highest BCUT2D eigenvalue weighted by atomic mass is 32.2. The van der Waals surface area contributed by atoms with Gasteiger partial charge in [0, 0.05) is 23.6 Å². The topological polar surface area (TPSA) is 73.3 Å². The lowest BCUT2D eigenvalue weighted by Crippen LogP contribution is -2.14. The fourth-order valence-electron chi connectivity index (χ4n) is 2.81. The number of nitrogens with zero attached hydrogens (tertiary/aromatic N) is 4. The minimum Gasteiger partial charge on any atom is -0.411 e. The van der Waals surface area contributed by atoms with Crippen LogP contribution in [0.3, 0.4) is 0 Å². The first kappa shape index (κ1) is 18.4. The second-order valence-electron chi connectivity index (χ2n) is 7.50. The van der Waals surface area contributed by atoms with Crippen molar-refractivity contribution in [2.45, 2.75) is 37.2 Å². The van der Waals surface area contributed by atoms with Gasteiger partial charge in [0.15, 0.2) is 0 Å². The van der Waals surface area contributed by atoms with Crippen LogP contribution in [-0.4, -0.2) is 19.6 Å². The van der Waals surface area contributed by atoms with Gasteiger partial charge in [-0.05, 0) is 35.2 Å². The second-order valence-corrected chi connectivity index (χ2v) is 8.43. The summed E-state index contributed by atoms with van der Waals surface area (Å²) in [6.45, 7) is 6.53. The third kappa shape index (κ3) is 3.84. The van der Waals surface area contributed by atoms with Crippen LogP contribution in [0.1, 0.15) is 32.0 Å². The highest BCUT2D eigenvalue weighted by molar-refractivity contribution is 7.98. The molecule has 0 radical (unpaired) electrons. The van der Waals surface area contributed by atoms with Crippen molar-refractivity contribution in [3.8, 4) is 11.5 Å². The van der Waals surface area contributed by atoms with Gasteiger partial charge in [-0.3, -0.25) is 9.20 Å². The molecule has 0 aliphatic heterocycles. The van der Waals surface area contributed by atoms with E-state index in [0.29, 0.717) is 28.2 Å². The number of hydrogen-bond acceptors (Lipinski definition) is 6. The Labute approximate surface area is 166 Å². The van der Waals surface area contributed by atoms with Crippen molar-refractivity contribution < 1.29 is 4.42 Å². The molecule has 0 spiro atoms. The largest absolute Gasteiger partial charge is 0.411 e. The van der Waals surface area contributed by atoms with Gasteiger partial charge in [-0.1, -0.05) is 50.7 Å². The zero-order valence-electron chi connectivity index (χ0n) is 15.9. The summed E-state index contributed by atoms with van der Waals surface area (Å²) in [5.74, 6) is 0.958. The predicted molar refractivity (Wildman–Crippen MR) is 109 cm³/mol. The molecule has 0 saturated heterocycles. The predicted octanol–water partition coefficient (Wildman–Crippen LogP) is 4.33. The SMILES string of the molecule is CC(C)(C)c1ccc(-c2nnc(SCc3cc(=O)n4ccccc4n3)o2)cc1. The molecule has 3 heterocycles. The van der Waals surface area contributed by atoms with Crippen molar-refractivity contribution in [3.05, 3.63) is 76.3 Å². The summed E-state index contributed by atoms with van der Waals surface area (Å²) in [5, 5.41) is 8.68. The molecule has 4 aromatic rings.